The summed E-state index contributed by atoms with van der Waals surface area (Å²) in [6.07, 6.45) is 3.29. The SMILES string of the molecule is CN(C(=O)OC(C)(C)C)C(Cc1ccccc1)C(=O)NN1CCCCC1. The molecule has 144 valence electrons. The Morgan fingerprint density at radius 3 is 2.35 bits per heavy atom. The van der Waals surface area contributed by atoms with E-state index < -0.39 is 17.7 Å². The highest BCUT2D eigenvalue weighted by Gasteiger charge is 2.31. The normalized spacial score (nSPS) is 16.6. The first kappa shape index (κ1) is 20.2. The Hall–Kier alpha value is -2.08. The number of hydrogen-bond donors (Lipinski definition) is 1. The van der Waals surface area contributed by atoms with E-state index in [9.17, 15) is 9.59 Å². The fourth-order valence-electron chi connectivity index (χ4n) is 2.94. The number of piperidine rings is 1. The highest BCUT2D eigenvalue weighted by Crippen LogP contribution is 2.15. The largest absolute Gasteiger partial charge is 0.444 e. The van der Waals surface area contributed by atoms with Crippen molar-refractivity contribution in [3.63, 3.8) is 0 Å². The monoisotopic (exact) mass is 361 g/mol. The number of rotatable bonds is 5. The van der Waals surface area contributed by atoms with E-state index in [1.165, 1.54) is 11.3 Å². The maximum atomic E-state index is 12.9. The number of amides is 2. The Balaban J connectivity index is 2.11. The molecule has 1 unspecified atom stereocenters. The number of hydrogen-bond acceptors (Lipinski definition) is 4. The van der Waals surface area contributed by atoms with Crippen molar-refractivity contribution in [1.82, 2.24) is 15.3 Å². The van der Waals surface area contributed by atoms with Crippen LogP contribution in [0.25, 0.3) is 0 Å². The van der Waals surface area contributed by atoms with Crippen molar-refractivity contribution in [2.45, 2.75) is 58.1 Å². The number of ether oxygens (including phenoxy) is 1. The van der Waals surface area contributed by atoms with Gasteiger partial charge >= 0.3 is 6.09 Å². The molecule has 6 heteroatoms. The highest BCUT2D eigenvalue weighted by molar-refractivity contribution is 5.85. The molecule has 1 fully saturated rings. The number of nitrogens with zero attached hydrogens (tertiary/aromatic N) is 2. The average Bonchev–Trinajstić information content (AvgIpc) is 2.59. The lowest BCUT2D eigenvalue weighted by Gasteiger charge is -2.33. The van der Waals surface area contributed by atoms with Crippen LogP contribution in [0.5, 0.6) is 0 Å². The lowest BCUT2D eigenvalue weighted by atomic mass is 10.0. The van der Waals surface area contributed by atoms with Crippen molar-refractivity contribution in [2.75, 3.05) is 20.1 Å². The van der Waals surface area contributed by atoms with Gasteiger partial charge in [-0.15, -0.1) is 0 Å². The van der Waals surface area contributed by atoms with Crippen LogP contribution in [0.2, 0.25) is 0 Å². The zero-order valence-electron chi connectivity index (χ0n) is 16.3. The van der Waals surface area contributed by atoms with Gasteiger partial charge in [-0.3, -0.25) is 15.1 Å². The van der Waals surface area contributed by atoms with Crippen LogP contribution in [0, 0.1) is 0 Å². The van der Waals surface area contributed by atoms with Crippen molar-refractivity contribution in [3.05, 3.63) is 35.9 Å². The molecule has 1 aromatic rings. The van der Waals surface area contributed by atoms with Crippen molar-refractivity contribution in [2.24, 2.45) is 0 Å². The Kier molecular flexibility index (Phi) is 7.03. The molecular formula is C20H31N3O3. The van der Waals surface area contributed by atoms with E-state index in [0.29, 0.717) is 6.42 Å². The van der Waals surface area contributed by atoms with Crippen LogP contribution in [-0.2, 0) is 16.0 Å². The summed E-state index contributed by atoms with van der Waals surface area (Å²) in [5, 5.41) is 1.95. The van der Waals surface area contributed by atoms with Gasteiger partial charge in [-0.1, -0.05) is 36.8 Å². The van der Waals surface area contributed by atoms with Crippen LogP contribution in [0.1, 0.15) is 45.6 Å². The van der Waals surface area contributed by atoms with E-state index in [1.807, 2.05) is 56.1 Å². The fourth-order valence-corrected chi connectivity index (χ4v) is 2.94. The second-order valence-electron chi connectivity index (χ2n) is 7.82. The molecule has 1 aliphatic heterocycles. The number of benzene rings is 1. The van der Waals surface area contributed by atoms with E-state index in [-0.39, 0.29) is 5.91 Å². The molecule has 26 heavy (non-hydrogen) atoms. The minimum atomic E-state index is -0.630. The Morgan fingerprint density at radius 1 is 1.15 bits per heavy atom. The molecule has 0 bridgehead atoms. The molecular weight excluding hydrogens is 330 g/mol. The summed E-state index contributed by atoms with van der Waals surface area (Å²) in [7, 11) is 1.62. The predicted octanol–water partition coefficient (Wildman–Crippen LogP) is 2.98. The standard InChI is InChI=1S/C20H31N3O3/c1-20(2,3)26-19(25)22(4)17(15-16-11-7-5-8-12-16)18(24)21-23-13-9-6-10-14-23/h5,7-8,11-12,17H,6,9-10,13-15H2,1-4H3,(H,21,24). The van der Waals surface area contributed by atoms with Crippen molar-refractivity contribution in [1.29, 1.82) is 0 Å². The molecule has 0 aliphatic carbocycles. The van der Waals surface area contributed by atoms with Gasteiger partial charge < -0.3 is 4.74 Å². The molecule has 1 atom stereocenters. The predicted molar refractivity (Wildman–Crippen MR) is 101 cm³/mol. The first-order valence-electron chi connectivity index (χ1n) is 9.31. The van der Waals surface area contributed by atoms with Gasteiger partial charge in [0, 0.05) is 26.6 Å². The number of hydrazine groups is 1. The number of likely N-dealkylation sites (N-methyl/N-ethyl adjacent to an activating group) is 1. The smallest absolute Gasteiger partial charge is 0.410 e. The van der Waals surface area contributed by atoms with Crippen molar-refractivity contribution in [3.8, 4) is 0 Å². The summed E-state index contributed by atoms with van der Waals surface area (Å²) in [6.45, 7) is 7.15. The third-order valence-corrected chi connectivity index (χ3v) is 4.35. The molecule has 1 heterocycles. The van der Waals surface area contributed by atoms with Crippen LogP contribution < -0.4 is 5.43 Å². The van der Waals surface area contributed by atoms with Crippen LogP contribution in [-0.4, -0.2) is 53.7 Å². The molecule has 0 radical (unpaired) electrons. The molecule has 1 saturated heterocycles. The maximum absolute atomic E-state index is 12.9. The second kappa shape index (κ2) is 9.03. The summed E-state index contributed by atoms with van der Waals surface area (Å²) in [5.74, 6) is -0.177. The Labute approximate surface area is 156 Å². The molecule has 1 aromatic carbocycles. The number of carbonyl (C=O) groups is 2. The first-order chi connectivity index (χ1) is 12.3. The quantitative estimate of drug-likeness (QED) is 0.876. The molecule has 1 N–H and O–H groups in total. The van der Waals surface area contributed by atoms with Gasteiger partial charge in [-0.25, -0.2) is 9.80 Å². The number of carbonyl (C=O) groups excluding carboxylic acids is 2. The minimum absolute atomic E-state index is 0.177. The van der Waals surface area contributed by atoms with Gasteiger partial charge in [-0.05, 0) is 39.2 Å². The molecule has 1 aliphatic rings. The van der Waals surface area contributed by atoms with Crippen LogP contribution in [0.15, 0.2) is 30.3 Å². The summed E-state index contributed by atoms with van der Waals surface area (Å²) < 4.78 is 5.45. The van der Waals surface area contributed by atoms with E-state index in [2.05, 4.69) is 5.43 Å². The topological polar surface area (TPSA) is 61.9 Å². The fraction of sp³-hybridized carbons (Fsp3) is 0.600. The highest BCUT2D eigenvalue weighted by atomic mass is 16.6. The molecule has 0 aromatic heterocycles. The lowest BCUT2D eigenvalue weighted by Crippen LogP contribution is -2.55. The van der Waals surface area contributed by atoms with E-state index in [0.717, 1.165) is 31.5 Å². The Bertz CT molecular complexity index is 592. The van der Waals surface area contributed by atoms with Gasteiger partial charge in [0.15, 0.2) is 0 Å². The first-order valence-corrected chi connectivity index (χ1v) is 9.31. The van der Waals surface area contributed by atoms with Gasteiger partial charge in [0.2, 0.25) is 0 Å². The molecule has 6 nitrogen and oxygen atoms in total. The molecule has 0 saturated carbocycles. The lowest BCUT2D eigenvalue weighted by molar-refractivity contribution is -0.131. The van der Waals surface area contributed by atoms with E-state index in [4.69, 9.17) is 4.74 Å². The molecule has 0 spiro atoms. The molecule has 2 amide bonds. The zero-order chi connectivity index (χ0) is 19.2. The summed E-state index contributed by atoms with van der Waals surface area (Å²) in [6, 6.07) is 9.09. The van der Waals surface area contributed by atoms with Crippen LogP contribution >= 0.6 is 0 Å². The summed E-state index contributed by atoms with van der Waals surface area (Å²) in [4.78, 5) is 26.8. The third kappa shape index (κ3) is 6.33. The van der Waals surface area contributed by atoms with Gasteiger partial charge in [0.25, 0.3) is 5.91 Å². The molecule has 2 rings (SSSR count). The third-order valence-electron chi connectivity index (χ3n) is 4.35. The van der Waals surface area contributed by atoms with Crippen LogP contribution in [0.3, 0.4) is 0 Å². The maximum Gasteiger partial charge on any atom is 0.410 e. The summed E-state index contributed by atoms with van der Waals surface area (Å²) >= 11 is 0. The van der Waals surface area contributed by atoms with Gasteiger partial charge in [0.1, 0.15) is 11.6 Å². The van der Waals surface area contributed by atoms with Crippen molar-refractivity contribution >= 4 is 12.0 Å². The Morgan fingerprint density at radius 2 is 1.77 bits per heavy atom. The zero-order valence-corrected chi connectivity index (χ0v) is 16.3. The van der Waals surface area contributed by atoms with E-state index in [1.54, 1.807) is 7.05 Å². The summed E-state index contributed by atoms with van der Waals surface area (Å²) in [5.41, 5.74) is 3.38. The van der Waals surface area contributed by atoms with E-state index >= 15 is 0 Å². The average molecular weight is 361 g/mol. The van der Waals surface area contributed by atoms with Crippen molar-refractivity contribution < 1.29 is 14.3 Å². The number of nitrogens with one attached hydrogen (secondary N) is 1. The van der Waals surface area contributed by atoms with Crippen LogP contribution in [0.4, 0.5) is 4.79 Å². The second-order valence-corrected chi connectivity index (χ2v) is 7.82. The minimum Gasteiger partial charge on any atom is -0.444 e. The van der Waals surface area contributed by atoms with Gasteiger partial charge in [-0.2, -0.15) is 0 Å². The van der Waals surface area contributed by atoms with Gasteiger partial charge in [0.05, 0.1) is 0 Å².